The maximum absolute atomic E-state index is 12.6. The lowest BCUT2D eigenvalue weighted by Gasteiger charge is -2.31. The van der Waals surface area contributed by atoms with Crippen molar-refractivity contribution in [3.63, 3.8) is 0 Å². The van der Waals surface area contributed by atoms with E-state index in [1.165, 1.54) is 6.07 Å². The zero-order valence-corrected chi connectivity index (χ0v) is 13.7. The number of hydrogen-bond acceptors (Lipinski definition) is 4. The zero-order valence-electron chi connectivity index (χ0n) is 13.7. The third-order valence-electron chi connectivity index (χ3n) is 4.12. The molecule has 7 heteroatoms. The van der Waals surface area contributed by atoms with Crippen molar-refractivity contribution in [3.05, 3.63) is 41.6 Å². The summed E-state index contributed by atoms with van der Waals surface area (Å²) >= 11 is 0. The predicted octanol–water partition coefficient (Wildman–Crippen LogP) is 1.36. The molecular formula is C17H20N4O3. The molecule has 1 aromatic heterocycles. The molecular weight excluding hydrogens is 308 g/mol. The van der Waals surface area contributed by atoms with Crippen LogP contribution in [0.3, 0.4) is 0 Å². The standard InChI is InChI=1S/C17H20N4O3/c1-11-5-6-12(14(22)10-11)16(23)18-13-4-3-8-21(17(13)24)15-7-9-20(2)19-15/h5-7,9-10,13,22H,3-4,8H2,1-2H3,(H,18,23)/t13-/m0/s1. The van der Waals surface area contributed by atoms with Crippen LogP contribution in [0, 0.1) is 6.92 Å². The number of aryl methyl sites for hydroxylation is 2. The van der Waals surface area contributed by atoms with Crippen LogP contribution >= 0.6 is 0 Å². The fourth-order valence-corrected chi connectivity index (χ4v) is 2.85. The van der Waals surface area contributed by atoms with Crippen LogP contribution in [0.4, 0.5) is 5.82 Å². The molecule has 126 valence electrons. The maximum atomic E-state index is 12.6. The molecule has 1 atom stereocenters. The highest BCUT2D eigenvalue weighted by Gasteiger charge is 2.32. The summed E-state index contributed by atoms with van der Waals surface area (Å²) in [6.07, 6.45) is 3.11. The van der Waals surface area contributed by atoms with Gasteiger partial charge in [0, 0.05) is 25.9 Å². The molecule has 2 aromatic rings. The van der Waals surface area contributed by atoms with Gasteiger partial charge in [0.2, 0.25) is 0 Å². The minimum atomic E-state index is -0.617. The van der Waals surface area contributed by atoms with Gasteiger partial charge in [-0.15, -0.1) is 0 Å². The van der Waals surface area contributed by atoms with Gasteiger partial charge in [0.15, 0.2) is 5.82 Å². The van der Waals surface area contributed by atoms with Crippen LogP contribution in [0.2, 0.25) is 0 Å². The number of carbonyl (C=O) groups is 2. The first-order chi connectivity index (χ1) is 11.5. The van der Waals surface area contributed by atoms with E-state index in [0.717, 1.165) is 12.0 Å². The summed E-state index contributed by atoms with van der Waals surface area (Å²) in [6, 6.07) is 5.99. The van der Waals surface area contributed by atoms with Crippen molar-refractivity contribution >= 4 is 17.6 Å². The van der Waals surface area contributed by atoms with Gasteiger partial charge in [-0.05, 0) is 37.5 Å². The van der Waals surface area contributed by atoms with E-state index < -0.39 is 11.9 Å². The molecule has 3 rings (SSSR count). The molecule has 0 unspecified atom stereocenters. The Morgan fingerprint density at radius 1 is 1.38 bits per heavy atom. The molecule has 1 saturated heterocycles. The summed E-state index contributed by atoms with van der Waals surface area (Å²) in [5, 5.41) is 16.9. The largest absolute Gasteiger partial charge is 0.507 e. The molecule has 2 amide bonds. The third-order valence-corrected chi connectivity index (χ3v) is 4.12. The van der Waals surface area contributed by atoms with Crippen molar-refractivity contribution in [3.8, 4) is 5.75 Å². The Morgan fingerprint density at radius 3 is 2.83 bits per heavy atom. The van der Waals surface area contributed by atoms with E-state index in [-0.39, 0.29) is 17.2 Å². The number of phenols is 1. The average molecular weight is 328 g/mol. The van der Waals surface area contributed by atoms with Crippen molar-refractivity contribution < 1.29 is 14.7 Å². The monoisotopic (exact) mass is 328 g/mol. The number of piperidine rings is 1. The molecule has 2 N–H and O–H groups in total. The Hall–Kier alpha value is -2.83. The minimum absolute atomic E-state index is 0.0858. The number of aromatic hydroxyl groups is 1. The van der Waals surface area contributed by atoms with Gasteiger partial charge in [0.05, 0.1) is 5.56 Å². The second-order valence-electron chi connectivity index (χ2n) is 6.03. The number of benzene rings is 1. The molecule has 0 spiro atoms. The lowest BCUT2D eigenvalue weighted by molar-refractivity contribution is -0.121. The Kier molecular flexibility index (Phi) is 4.24. The number of nitrogens with one attached hydrogen (secondary N) is 1. The summed E-state index contributed by atoms with van der Waals surface area (Å²) in [5.74, 6) is -0.134. The van der Waals surface area contributed by atoms with Crippen LogP contribution in [-0.2, 0) is 11.8 Å². The highest BCUT2D eigenvalue weighted by Crippen LogP contribution is 2.21. The van der Waals surface area contributed by atoms with E-state index >= 15 is 0 Å². The Bertz CT molecular complexity index is 784. The number of anilines is 1. The molecule has 0 aliphatic carbocycles. The van der Waals surface area contributed by atoms with Crippen LogP contribution in [-0.4, -0.2) is 39.3 Å². The first-order valence-corrected chi connectivity index (χ1v) is 7.87. The van der Waals surface area contributed by atoms with Crippen LogP contribution in [0.15, 0.2) is 30.5 Å². The second-order valence-corrected chi connectivity index (χ2v) is 6.03. The number of phenolic OH excluding ortho intramolecular Hbond substituents is 1. The van der Waals surface area contributed by atoms with Crippen molar-refractivity contribution in [2.24, 2.45) is 7.05 Å². The van der Waals surface area contributed by atoms with Gasteiger partial charge in [-0.2, -0.15) is 5.10 Å². The van der Waals surface area contributed by atoms with Crippen LogP contribution < -0.4 is 10.2 Å². The third kappa shape index (κ3) is 3.10. The zero-order chi connectivity index (χ0) is 17.3. The van der Waals surface area contributed by atoms with Crippen molar-refractivity contribution in [2.45, 2.75) is 25.8 Å². The number of carbonyl (C=O) groups excluding carboxylic acids is 2. The van der Waals surface area contributed by atoms with Gasteiger partial charge in [-0.25, -0.2) is 0 Å². The molecule has 0 saturated carbocycles. The lowest BCUT2D eigenvalue weighted by atomic mass is 10.0. The van der Waals surface area contributed by atoms with Crippen LogP contribution in [0.1, 0.15) is 28.8 Å². The number of nitrogens with zero attached hydrogens (tertiary/aromatic N) is 3. The van der Waals surface area contributed by atoms with E-state index in [1.54, 1.807) is 41.0 Å². The Labute approximate surface area is 139 Å². The summed E-state index contributed by atoms with van der Waals surface area (Å²) in [7, 11) is 1.79. The summed E-state index contributed by atoms with van der Waals surface area (Å²) in [5.41, 5.74) is 1.03. The molecule has 2 heterocycles. The van der Waals surface area contributed by atoms with Crippen molar-refractivity contribution in [2.75, 3.05) is 11.4 Å². The second kappa shape index (κ2) is 6.35. The highest BCUT2D eigenvalue weighted by molar-refractivity contribution is 6.03. The molecule has 0 radical (unpaired) electrons. The van der Waals surface area contributed by atoms with Crippen molar-refractivity contribution in [1.29, 1.82) is 0 Å². The quantitative estimate of drug-likeness (QED) is 0.890. The lowest BCUT2D eigenvalue weighted by Crippen LogP contribution is -2.52. The molecule has 1 aliphatic rings. The van der Waals surface area contributed by atoms with Gasteiger partial charge in [0.25, 0.3) is 11.8 Å². The average Bonchev–Trinajstić information content (AvgIpc) is 2.95. The molecule has 0 bridgehead atoms. The van der Waals surface area contributed by atoms with Crippen LogP contribution in [0.5, 0.6) is 5.75 Å². The maximum Gasteiger partial charge on any atom is 0.255 e. The van der Waals surface area contributed by atoms with Crippen LogP contribution in [0.25, 0.3) is 0 Å². The number of aromatic nitrogens is 2. The molecule has 1 aliphatic heterocycles. The number of amides is 2. The van der Waals surface area contributed by atoms with E-state index in [0.29, 0.717) is 18.8 Å². The van der Waals surface area contributed by atoms with Crippen molar-refractivity contribution in [1.82, 2.24) is 15.1 Å². The first kappa shape index (κ1) is 16.0. The number of hydrogen-bond donors (Lipinski definition) is 2. The SMILES string of the molecule is Cc1ccc(C(=O)N[C@H]2CCCN(c3ccn(C)n3)C2=O)c(O)c1. The van der Waals surface area contributed by atoms with E-state index in [9.17, 15) is 14.7 Å². The summed E-state index contributed by atoms with van der Waals surface area (Å²) in [6.45, 7) is 2.41. The van der Waals surface area contributed by atoms with E-state index in [2.05, 4.69) is 10.4 Å². The minimum Gasteiger partial charge on any atom is -0.507 e. The van der Waals surface area contributed by atoms with E-state index in [4.69, 9.17) is 0 Å². The topological polar surface area (TPSA) is 87.5 Å². The predicted molar refractivity (Wildman–Crippen MR) is 88.9 cm³/mol. The van der Waals surface area contributed by atoms with Gasteiger partial charge < -0.3 is 10.4 Å². The summed E-state index contributed by atoms with van der Waals surface area (Å²) < 4.78 is 1.63. The molecule has 1 aromatic carbocycles. The molecule has 1 fully saturated rings. The highest BCUT2D eigenvalue weighted by atomic mass is 16.3. The fraction of sp³-hybridized carbons (Fsp3) is 0.353. The Balaban J connectivity index is 1.74. The van der Waals surface area contributed by atoms with E-state index in [1.807, 2.05) is 6.92 Å². The molecule has 24 heavy (non-hydrogen) atoms. The van der Waals surface area contributed by atoms with Gasteiger partial charge in [-0.1, -0.05) is 6.07 Å². The fourth-order valence-electron chi connectivity index (χ4n) is 2.85. The van der Waals surface area contributed by atoms with Gasteiger partial charge in [-0.3, -0.25) is 19.2 Å². The van der Waals surface area contributed by atoms with Gasteiger partial charge >= 0.3 is 0 Å². The Morgan fingerprint density at radius 2 is 2.17 bits per heavy atom. The smallest absolute Gasteiger partial charge is 0.255 e. The summed E-state index contributed by atoms with van der Waals surface area (Å²) in [4.78, 5) is 26.6. The normalized spacial score (nSPS) is 17.8. The molecule has 7 nitrogen and oxygen atoms in total. The first-order valence-electron chi connectivity index (χ1n) is 7.87. The number of rotatable bonds is 3. The van der Waals surface area contributed by atoms with Gasteiger partial charge in [0.1, 0.15) is 11.8 Å².